The molecule has 1 heterocycles. The molecule has 1 aliphatic heterocycles. The van der Waals surface area contributed by atoms with Gasteiger partial charge < -0.3 is 9.47 Å². The fourth-order valence-corrected chi connectivity index (χ4v) is 0.721. The number of aldehydes is 1. The molecule has 58 valence electrons. The topological polar surface area (TPSA) is 35.5 Å². The van der Waals surface area contributed by atoms with Gasteiger partial charge in [0.15, 0.2) is 6.29 Å². The van der Waals surface area contributed by atoms with Crippen LogP contribution in [-0.4, -0.2) is 32.0 Å². The first-order chi connectivity index (χ1) is 4.83. The van der Waals surface area contributed by atoms with Crippen molar-refractivity contribution in [3.05, 3.63) is 0 Å². The molecule has 0 radical (unpaired) electrons. The molecule has 1 aliphatic rings. The minimum absolute atomic E-state index is 0.0383. The summed E-state index contributed by atoms with van der Waals surface area (Å²) in [6.07, 6.45) is -1.02. The van der Waals surface area contributed by atoms with E-state index in [4.69, 9.17) is 9.47 Å². The Hall–Kier alpha value is -0.480. The Morgan fingerprint density at radius 3 is 3.00 bits per heavy atom. The summed E-state index contributed by atoms with van der Waals surface area (Å²) < 4.78 is 21.9. The smallest absolute Gasteiger partial charge is 0.214 e. The van der Waals surface area contributed by atoms with E-state index in [9.17, 15) is 9.18 Å². The molecule has 0 aromatic rings. The summed E-state index contributed by atoms with van der Waals surface area (Å²) in [5.41, 5.74) is 0. The second-order valence-corrected chi connectivity index (χ2v) is 2.09. The van der Waals surface area contributed by atoms with Crippen molar-refractivity contribution in [2.45, 2.75) is 18.9 Å². The van der Waals surface area contributed by atoms with Gasteiger partial charge in [0.1, 0.15) is 6.17 Å². The molecule has 10 heavy (non-hydrogen) atoms. The lowest BCUT2D eigenvalue weighted by Gasteiger charge is -2.05. The van der Waals surface area contributed by atoms with E-state index in [0.717, 1.165) is 0 Å². The van der Waals surface area contributed by atoms with Gasteiger partial charge in [-0.15, -0.1) is 0 Å². The summed E-state index contributed by atoms with van der Waals surface area (Å²) in [6.45, 7) is 0.216. The van der Waals surface area contributed by atoms with Crippen LogP contribution in [0.3, 0.4) is 0 Å². The van der Waals surface area contributed by atoms with E-state index >= 15 is 0 Å². The SMILES string of the molecule is O=CC1OCCC(F)CO1. The Bertz CT molecular complexity index is 118. The zero-order valence-corrected chi connectivity index (χ0v) is 5.46. The molecule has 0 N–H and O–H groups in total. The predicted octanol–water partition coefficient (Wildman–Crippen LogP) is 0.286. The van der Waals surface area contributed by atoms with Crippen molar-refractivity contribution in [1.29, 1.82) is 0 Å². The Morgan fingerprint density at radius 2 is 2.30 bits per heavy atom. The Balaban J connectivity index is 2.32. The van der Waals surface area contributed by atoms with E-state index in [1.165, 1.54) is 0 Å². The van der Waals surface area contributed by atoms with Gasteiger partial charge in [0.2, 0.25) is 6.29 Å². The minimum atomic E-state index is -0.995. The highest BCUT2D eigenvalue weighted by Crippen LogP contribution is 2.07. The highest BCUT2D eigenvalue weighted by Gasteiger charge is 2.17. The van der Waals surface area contributed by atoms with Crippen molar-refractivity contribution in [3.63, 3.8) is 0 Å². The number of hydrogen-bond donors (Lipinski definition) is 0. The molecule has 2 unspecified atom stereocenters. The van der Waals surface area contributed by atoms with E-state index in [2.05, 4.69) is 0 Å². The number of ether oxygens (including phenoxy) is 2. The van der Waals surface area contributed by atoms with Crippen LogP contribution >= 0.6 is 0 Å². The minimum Gasteiger partial charge on any atom is -0.346 e. The normalized spacial score (nSPS) is 34.9. The average molecular weight is 148 g/mol. The highest BCUT2D eigenvalue weighted by atomic mass is 19.1. The molecule has 0 spiro atoms. The van der Waals surface area contributed by atoms with Crippen LogP contribution in [0.4, 0.5) is 4.39 Å². The monoisotopic (exact) mass is 148 g/mol. The fraction of sp³-hybridized carbons (Fsp3) is 0.833. The molecule has 4 heteroatoms. The van der Waals surface area contributed by atoms with Gasteiger partial charge in [0.25, 0.3) is 0 Å². The first-order valence-corrected chi connectivity index (χ1v) is 3.15. The number of carbonyl (C=O) groups excluding carboxylic acids is 1. The van der Waals surface area contributed by atoms with Gasteiger partial charge in [0, 0.05) is 6.42 Å². The van der Waals surface area contributed by atoms with E-state index in [0.29, 0.717) is 12.7 Å². The molecule has 2 atom stereocenters. The van der Waals surface area contributed by atoms with E-state index in [1.807, 2.05) is 0 Å². The molecule has 0 aliphatic carbocycles. The fourth-order valence-electron chi connectivity index (χ4n) is 0.721. The van der Waals surface area contributed by atoms with Crippen LogP contribution in [0.5, 0.6) is 0 Å². The molecular weight excluding hydrogens is 139 g/mol. The summed E-state index contributed by atoms with van der Waals surface area (Å²) >= 11 is 0. The van der Waals surface area contributed by atoms with Crippen LogP contribution in [0.15, 0.2) is 0 Å². The molecule has 0 amide bonds. The van der Waals surface area contributed by atoms with Gasteiger partial charge in [-0.1, -0.05) is 0 Å². The zero-order chi connectivity index (χ0) is 7.40. The standard InChI is InChI=1S/C6H9FO3/c7-5-1-2-9-6(3-8)10-4-5/h3,5-6H,1-2,4H2. The summed E-state index contributed by atoms with van der Waals surface area (Å²) in [6, 6.07) is 0. The maximum absolute atomic E-state index is 12.4. The third-order valence-corrected chi connectivity index (χ3v) is 1.27. The maximum atomic E-state index is 12.4. The Morgan fingerprint density at radius 1 is 1.50 bits per heavy atom. The molecule has 3 nitrogen and oxygen atoms in total. The van der Waals surface area contributed by atoms with Gasteiger partial charge in [0.05, 0.1) is 13.2 Å². The van der Waals surface area contributed by atoms with E-state index < -0.39 is 12.5 Å². The Labute approximate surface area is 58.1 Å². The quantitative estimate of drug-likeness (QED) is 0.501. The first kappa shape index (κ1) is 7.63. The molecule has 0 aromatic heterocycles. The molecule has 0 saturated carbocycles. The first-order valence-electron chi connectivity index (χ1n) is 3.15. The molecule has 1 fully saturated rings. The van der Waals surface area contributed by atoms with E-state index in [-0.39, 0.29) is 13.2 Å². The lowest BCUT2D eigenvalue weighted by molar-refractivity contribution is -0.152. The van der Waals surface area contributed by atoms with Crippen LogP contribution < -0.4 is 0 Å². The van der Waals surface area contributed by atoms with Crippen LogP contribution in [0.2, 0.25) is 0 Å². The van der Waals surface area contributed by atoms with Crippen molar-refractivity contribution in [1.82, 2.24) is 0 Å². The summed E-state index contributed by atoms with van der Waals surface area (Å²) in [7, 11) is 0. The van der Waals surface area contributed by atoms with Gasteiger partial charge in [-0.3, -0.25) is 4.79 Å². The molecule has 0 bridgehead atoms. The predicted molar refractivity (Wildman–Crippen MR) is 31.3 cm³/mol. The van der Waals surface area contributed by atoms with Crippen LogP contribution in [0, 0.1) is 0 Å². The third kappa shape index (κ3) is 2.04. The van der Waals surface area contributed by atoms with Crippen molar-refractivity contribution in [3.8, 4) is 0 Å². The summed E-state index contributed by atoms with van der Waals surface area (Å²) in [5.74, 6) is 0. The highest BCUT2D eigenvalue weighted by molar-refractivity contribution is 5.53. The van der Waals surface area contributed by atoms with Crippen LogP contribution in [0.1, 0.15) is 6.42 Å². The largest absolute Gasteiger partial charge is 0.346 e. The van der Waals surface area contributed by atoms with Crippen LogP contribution in [0.25, 0.3) is 0 Å². The lowest BCUT2D eigenvalue weighted by atomic mass is 10.3. The maximum Gasteiger partial charge on any atom is 0.214 e. The number of hydrogen-bond acceptors (Lipinski definition) is 3. The number of rotatable bonds is 1. The molecular formula is C6H9FO3. The summed E-state index contributed by atoms with van der Waals surface area (Å²) in [5, 5.41) is 0. The third-order valence-electron chi connectivity index (χ3n) is 1.27. The van der Waals surface area contributed by atoms with Crippen molar-refractivity contribution in [2.75, 3.05) is 13.2 Å². The van der Waals surface area contributed by atoms with Gasteiger partial charge in [-0.2, -0.15) is 0 Å². The second kappa shape index (κ2) is 3.63. The van der Waals surface area contributed by atoms with Crippen molar-refractivity contribution < 1.29 is 18.7 Å². The number of alkyl halides is 1. The molecule has 1 saturated heterocycles. The van der Waals surface area contributed by atoms with Gasteiger partial charge in [-0.05, 0) is 0 Å². The van der Waals surface area contributed by atoms with Gasteiger partial charge >= 0.3 is 0 Å². The summed E-state index contributed by atoms with van der Waals surface area (Å²) in [4.78, 5) is 10.0. The number of halogens is 1. The zero-order valence-electron chi connectivity index (χ0n) is 5.46. The van der Waals surface area contributed by atoms with Gasteiger partial charge in [-0.25, -0.2) is 4.39 Å². The lowest BCUT2D eigenvalue weighted by Crippen LogP contribution is -2.17. The molecule has 1 rings (SSSR count). The van der Waals surface area contributed by atoms with Crippen molar-refractivity contribution in [2.24, 2.45) is 0 Å². The van der Waals surface area contributed by atoms with Crippen LogP contribution in [-0.2, 0) is 14.3 Å². The molecule has 0 aromatic carbocycles. The van der Waals surface area contributed by atoms with Crippen molar-refractivity contribution >= 4 is 6.29 Å². The number of carbonyl (C=O) groups is 1. The van der Waals surface area contributed by atoms with E-state index in [1.54, 1.807) is 0 Å². The second-order valence-electron chi connectivity index (χ2n) is 2.09. The average Bonchev–Trinajstić information content (AvgIpc) is 2.14. The Kier molecular flexibility index (Phi) is 2.77.